The normalized spacial score (nSPS) is 27.8. The highest BCUT2D eigenvalue weighted by Gasteiger charge is 2.28. The molecular weight excluding hydrogens is 220 g/mol. The van der Waals surface area contributed by atoms with E-state index in [4.69, 9.17) is 15.2 Å². The Hall–Kier alpha value is -0.650. The molecule has 0 aromatic rings. The van der Waals surface area contributed by atoms with Crippen LogP contribution in [0, 0.1) is 5.92 Å². The summed E-state index contributed by atoms with van der Waals surface area (Å²) in [4.78, 5) is 13.6. The summed E-state index contributed by atoms with van der Waals surface area (Å²) in [5.41, 5.74) is 5.80. The average molecular weight is 244 g/mol. The van der Waals surface area contributed by atoms with Crippen LogP contribution in [0.3, 0.4) is 0 Å². The molecular formula is C12H24N2O3. The first kappa shape index (κ1) is 14.4. The SMILES string of the molecule is CCOC(=O)C(N)CN1CCC(C)C(OC)C1. The average Bonchev–Trinajstić information content (AvgIpc) is 2.31. The van der Waals surface area contributed by atoms with Crippen molar-refractivity contribution in [3.8, 4) is 0 Å². The number of carbonyl (C=O) groups excluding carboxylic acids is 1. The van der Waals surface area contributed by atoms with Crippen molar-refractivity contribution in [3.05, 3.63) is 0 Å². The molecule has 0 aliphatic carbocycles. The van der Waals surface area contributed by atoms with Crippen LogP contribution in [0.15, 0.2) is 0 Å². The van der Waals surface area contributed by atoms with Crippen molar-refractivity contribution < 1.29 is 14.3 Å². The Morgan fingerprint density at radius 1 is 1.59 bits per heavy atom. The number of carbonyl (C=O) groups is 1. The lowest BCUT2D eigenvalue weighted by atomic mass is 9.95. The molecule has 0 saturated carbocycles. The van der Waals surface area contributed by atoms with Crippen LogP contribution in [0.2, 0.25) is 0 Å². The molecule has 3 atom stereocenters. The maximum absolute atomic E-state index is 11.4. The summed E-state index contributed by atoms with van der Waals surface area (Å²) < 4.78 is 10.3. The summed E-state index contributed by atoms with van der Waals surface area (Å²) in [6.45, 7) is 6.71. The van der Waals surface area contributed by atoms with Crippen LogP contribution in [0.5, 0.6) is 0 Å². The van der Waals surface area contributed by atoms with Gasteiger partial charge in [0, 0.05) is 20.2 Å². The minimum Gasteiger partial charge on any atom is -0.465 e. The second-order valence-electron chi connectivity index (χ2n) is 4.66. The van der Waals surface area contributed by atoms with Gasteiger partial charge >= 0.3 is 5.97 Å². The van der Waals surface area contributed by atoms with Crippen molar-refractivity contribution in [2.75, 3.05) is 33.4 Å². The van der Waals surface area contributed by atoms with Gasteiger partial charge in [0.05, 0.1) is 12.7 Å². The zero-order chi connectivity index (χ0) is 12.8. The summed E-state index contributed by atoms with van der Waals surface area (Å²) in [6, 6.07) is -0.555. The molecule has 0 bridgehead atoms. The molecule has 0 spiro atoms. The molecule has 1 aliphatic heterocycles. The molecule has 1 saturated heterocycles. The maximum Gasteiger partial charge on any atom is 0.324 e. The molecule has 1 aliphatic rings. The Kier molecular flexibility index (Phi) is 5.88. The lowest BCUT2D eigenvalue weighted by molar-refractivity contribution is -0.145. The van der Waals surface area contributed by atoms with Crippen LogP contribution in [-0.2, 0) is 14.3 Å². The number of piperidine rings is 1. The molecule has 5 nitrogen and oxygen atoms in total. The summed E-state index contributed by atoms with van der Waals surface area (Å²) in [5, 5.41) is 0. The Morgan fingerprint density at radius 3 is 2.88 bits per heavy atom. The first-order valence-electron chi connectivity index (χ1n) is 6.25. The van der Waals surface area contributed by atoms with E-state index < -0.39 is 6.04 Å². The Bertz CT molecular complexity index is 248. The highest BCUT2D eigenvalue weighted by Crippen LogP contribution is 2.19. The zero-order valence-electron chi connectivity index (χ0n) is 11.0. The van der Waals surface area contributed by atoms with Gasteiger partial charge in [-0.1, -0.05) is 6.92 Å². The van der Waals surface area contributed by atoms with Crippen LogP contribution < -0.4 is 5.73 Å². The monoisotopic (exact) mass is 244 g/mol. The molecule has 2 N–H and O–H groups in total. The third-order valence-corrected chi connectivity index (χ3v) is 3.32. The second-order valence-corrected chi connectivity index (χ2v) is 4.66. The Morgan fingerprint density at radius 2 is 2.29 bits per heavy atom. The molecule has 0 aromatic carbocycles. The van der Waals surface area contributed by atoms with Crippen molar-refractivity contribution in [3.63, 3.8) is 0 Å². The van der Waals surface area contributed by atoms with Crippen molar-refractivity contribution >= 4 is 5.97 Å². The molecule has 3 unspecified atom stereocenters. The number of ether oxygens (including phenoxy) is 2. The molecule has 0 radical (unpaired) electrons. The minimum atomic E-state index is -0.555. The summed E-state index contributed by atoms with van der Waals surface area (Å²) in [7, 11) is 1.73. The van der Waals surface area contributed by atoms with Gasteiger partial charge in [-0.25, -0.2) is 0 Å². The van der Waals surface area contributed by atoms with Gasteiger partial charge in [0.15, 0.2) is 0 Å². The third-order valence-electron chi connectivity index (χ3n) is 3.32. The van der Waals surface area contributed by atoms with E-state index in [1.807, 2.05) is 0 Å². The van der Waals surface area contributed by atoms with Crippen LogP contribution >= 0.6 is 0 Å². The molecule has 100 valence electrons. The lowest BCUT2D eigenvalue weighted by Crippen LogP contribution is -2.50. The summed E-state index contributed by atoms with van der Waals surface area (Å²) in [6.07, 6.45) is 1.31. The van der Waals surface area contributed by atoms with Gasteiger partial charge in [0.25, 0.3) is 0 Å². The number of nitrogens with two attached hydrogens (primary N) is 1. The minimum absolute atomic E-state index is 0.234. The molecule has 0 aromatic heterocycles. The maximum atomic E-state index is 11.4. The highest BCUT2D eigenvalue weighted by molar-refractivity contribution is 5.75. The molecule has 17 heavy (non-hydrogen) atoms. The number of likely N-dealkylation sites (tertiary alicyclic amines) is 1. The van der Waals surface area contributed by atoms with Crippen LogP contribution in [-0.4, -0.2) is 56.4 Å². The standard InChI is InChI=1S/C12H24N2O3/c1-4-17-12(15)10(13)7-14-6-5-9(2)11(8-14)16-3/h9-11H,4-8,13H2,1-3H3. The van der Waals surface area contributed by atoms with E-state index in [1.54, 1.807) is 14.0 Å². The van der Waals surface area contributed by atoms with Gasteiger partial charge in [0.1, 0.15) is 6.04 Å². The van der Waals surface area contributed by atoms with Gasteiger partial charge in [-0.05, 0) is 25.8 Å². The molecule has 1 rings (SSSR count). The molecule has 5 heteroatoms. The number of esters is 1. The third kappa shape index (κ3) is 4.26. The van der Waals surface area contributed by atoms with Gasteiger partial charge in [-0.3, -0.25) is 9.69 Å². The van der Waals surface area contributed by atoms with Crippen LogP contribution in [0.1, 0.15) is 20.3 Å². The zero-order valence-corrected chi connectivity index (χ0v) is 11.0. The van der Waals surface area contributed by atoms with E-state index >= 15 is 0 Å². The van der Waals surface area contributed by atoms with Crippen molar-refractivity contribution in [1.29, 1.82) is 0 Å². The van der Waals surface area contributed by atoms with Gasteiger partial charge < -0.3 is 15.2 Å². The number of hydrogen-bond donors (Lipinski definition) is 1. The fraction of sp³-hybridized carbons (Fsp3) is 0.917. The summed E-state index contributed by atoms with van der Waals surface area (Å²) >= 11 is 0. The van der Waals surface area contributed by atoms with Gasteiger partial charge in [-0.15, -0.1) is 0 Å². The number of nitrogens with zero attached hydrogens (tertiary/aromatic N) is 1. The van der Waals surface area contributed by atoms with Gasteiger partial charge in [0.2, 0.25) is 0 Å². The predicted octanol–water partition coefficient (Wildman–Crippen LogP) is 0.234. The Balaban J connectivity index is 2.39. The highest BCUT2D eigenvalue weighted by atomic mass is 16.5. The number of methoxy groups -OCH3 is 1. The first-order valence-corrected chi connectivity index (χ1v) is 6.25. The smallest absolute Gasteiger partial charge is 0.324 e. The quantitative estimate of drug-likeness (QED) is 0.702. The number of hydrogen-bond acceptors (Lipinski definition) is 5. The fourth-order valence-electron chi connectivity index (χ4n) is 2.17. The topological polar surface area (TPSA) is 64.8 Å². The van der Waals surface area contributed by atoms with Crippen LogP contribution in [0.4, 0.5) is 0 Å². The van der Waals surface area contributed by atoms with E-state index in [0.29, 0.717) is 19.1 Å². The van der Waals surface area contributed by atoms with E-state index in [0.717, 1.165) is 19.5 Å². The summed E-state index contributed by atoms with van der Waals surface area (Å²) in [5.74, 6) is 0.246. The molecule has 1 heterocycles. The van der Waals surface area contributed by atoms with E-state index in [2.05, 4.69) is 11.8 Å². The van der Waals surface area contributed by atoms with Gasteiger partial charge in [-0.2, -0.15) is 0 Å². The first-order chi connectivity index (χ1) is 8.08. The van der Waals surface area contributed by atoms with Crippen LogP contribution in [0.25, 0.3) is 0 Å². The van der Waals surface area contributed by atoms with E-state index in [-0.39, 0.29) is 12.1 Å². The van der Waals surface area contributed by atoms with E-state index in [1.165, 1.54) is 0 Å². The fourth-order valence-corrected chi connectivity index (χ4v) is 2.17. The molecule has 0 amide bonds. The lowest BCUT2D eigenvalue weighted by Gasteiger charge is -2.36. The van der Waals surface area contributed by atoms with E-state index in [9.17, 15) is 4.79 Å². The molecule has 1 fully saturated rings. The predicted molar refractivity (Wildman–Crippen MR) is 65.6 cm³/mol. The van der Waals surface area contributed by atoms with Crippen molar-refractivity contribution in [2.45, 2.75) is 32.4 Å². The van der Waals surface area contributed by atoms with Crippen molar-refractivity contribution in [2.24, 2.45) is 11.7 Å². The number of rotatable bonds is 5. The van der Waals surface area contributed by atoms with Crippen molar-refractivity contribution in [1.82, 2.24) is 4.90 Å². The Labute approximate surface area is 103 Å². The largest absolute Gasteiger partial charge is 0.465 e. The second kappa shape index (κ2) is 6.93.